The molecule has 1 saturated carbocycles. The molecule has 1 rings (SSSR count). The highest BCUT2D eigenvalue weighted by Gasteiger charge is 2.54. The van der Waals surface area contributed by atoms with Gasteiger partial charge >= 0.3 is 4.83 Å². The molecule has 66 valence electrons. The van der Waals surface area contributed by atoms with Crippen LogP contribution in [0.3, 0.4) is 0 Å². The van der Waals surface area contributed by atoms with Crippen LogP contribution >= 0.6 is 31.9 Å². The maximum absolute atomic E-state index is 12.6. The summed E-state index contributed by atoms with van der Waals surface area (Å²) in [5, 5.41) is 0. The van der Waals surface area contributed by atoms with Gasteiger partial charge in [-0.1, -0.05) is 29.8 Å². The zero-order chi connectivity index (χ0) is 8.81. The zero-order valence-corrected chi connectivity index (χ0v) is 9.49. The van der Waals surface area contributed by atoms with E-state index in [1.165, 1.54) is 0 Å². The number of hydrogen-bond acceptors (Lipinski definition) is 0. The number of halogens is 4. The van der Waals surface area contributed by atoms with E-state index in [-0.39, 0.29) is 5.92 Å². The highest BCUT2D eigenvalue weighted by Crippen LogP contribution is 2.54. The Morgan fingerprint density at radius 3 is 1.73 bits per heavy atom. The topological polar surface area (TPSA) is 0 Å². The molecule has 1 aliphatic carbocycles. The Balaban J connectivity index is 2.51. The fourth-order valence-corrected chi connectivity index (χ4v) is 2.72. The van der Waals surface area contributed by atoms with Gasteiger partial charge in [0.25, 0.3) is 0 Å². The summed E-state index contributed by atoms with van der Waals surface area (Å²) < 4.78 is 25.2. The van der Waals surface area contributed by atoms with Crippen molar-refractivity contribution in [3.05, 3.63) is 0 Å². The molecule has 4 heteroatoms. The fourth-order valence-electron chi connectivity index (χ4n) is 1.45. The van der Waals surface area contributed by atoms with E-state index in [1.54, 1.807) is 0 Å². The highest BCUT2D eigenvalue weighted by molar-refractivity contribution is 9.12. The van der Waals surface area contributed by atoms with Crippen molar-refractivity contribution in [3.63, 3.8) is 0 Å². The summed E-state index contributed by atoms with van der Waals surface area (Å²) in [6, 6.07) is 0. The van der Waals surface area contributed by atoms with Crippen molar-refractivity contribution in [1.29, 1.82) is 0 Å². The molecule has 0 spiro atoms. The summed E-state index contributed by atoms with van der Waals surface area (Å²) >= 11 is 5.37. The van der Waals surface area contributed by atoms with Gasteiger partial charge in [-0.15, -0.1) is 0 Å². The van der Waals surface area contributed by atoms with Crippen molar-refractivity contribution in [1.82, 2.24) is 0 Å². The molecule has 0 bridgehead atoms. The standard InChI is InChI=1S/C7H10Br2F2/c1-3-4(2)5(3)6(8)7(9,10)11/h3-6H,1-2H3. The molecule has 0 aliphatic heterocycles. The summed E-state index contributed by atoms with van der Waals surface area (Å²) in [7, 11) is 0. The Labute approximate surface area is 82.0 Å². The summed E-state index contributed by atoms with van der Waals surface area (Å²) in [4.78, 5) is -3.49. The van der Waals surface area contributed by atoms with E-state index < -0.39 is 9.66 Å². The van der Waals surface area contributed by atoms with Crippen LogP contribution in [0.4, 0.5) is 8.78 Å². The molecule has 0 aromatic rings. The van der Waals surface area contributed by atoms with Crippen LogP contribution in [-0.4, -0.2) is 9.66 Å². The highest BCUT2D eigenvalue weighted by atomic mass is 79.9. The van der Waals surface area contributed by atoms with Crippen molar-refractivity contribution < 1.29 is 8.78 Å². The minimum atomic E-state index is -2.77. The van der Waals surface area contributed by atoms with Crippen molar-refractivity contribution in [2.24, 2.45) is 17.8 Å². The Morgan fingerprint density at radius 2 is 1.64 bits per heavy atom. The summed E-state index contributed by atoms with van der Waals surface area (Å²) in [5.41, 5.74) is 0. The van der Waals surface area contributed by atoms with E-state index >= 15 is 0 Å². The molecule has 3 atom stereocenters. The molecule has 0 amide bonds. The molecule has 0 nitrogen and oxygen atoms in total. The van der Waals surface area contributed by atoms with Crippen LogP contribution in [0.15, 0.2) is 0 Å². The summed E-state index contributed by atoms with van der Waals surface area (Å²) in [5.74, 6) is 0.954. The number of hydrogen-bond donors (Lipinski definition) is 0. The van der Waals surface area contributed by atoms with Gasteiger partial charge in [-0.25, -0.2) is 0 Å². The van der Waals surface area contributed by atoms with E-state index in [2.05, 4.69) is 31.9 Å². The second-order valence-corrected chi connectivity index (χ2v) is 5.28. The minimum absolute atomic E-state index is 0.115. The third-order valence-corrected chi connectivity index (χ3v) is 4.85. The lowest BCUT2D eigenvalue weighted by atomic mass is 10.2. The second kappa shape index (κ2) is 2.95. The molecule has 0 N–H and O–H groups in total. The maximum Gasteiger partial charge on any atom is 0.313 e. The third kappa shape index (κ3) is 1.94. The SMILES string of the molecule is CC1C(C)C1C(Br)C(F)(F)Br. The summed E-state index contributed by atoms with van der Waals surface area (Å²) in [6.07, 6.45) is 0. The lowest BCUT2D eigenvalue weighted by Crippen LogP contribution is -2.23. The number of alkyl halides is 4. The van der Waals surface area contributed by atoms with Crippen molar-refractivity contribution in [2.45, 2.75) is 23.5 Å². The van der Waals surface area contributed by atoms with Crippen LogP contribution in [0.5, 0.6) is 0 Å². The van der Waals surface area contributed by atoms with Gasteiger partial charge < -0.3 is 0 Å². The third-order valence-electron chi connectivity index (χ3n) is 2.55. The van der Waals surface area contributed by atoms with Gasteiger partial charge in [0.05, 0.1) is 4.83 Å². The molecule has 0 saturated heterocycles. The molecule has 1 fully saturated rings. The molecule has 11 heavy (non-hydrogen) atoms. The number of rotatable bonds is 2. The van der Waals surface area contributed by atoms with Crippen LogP contribution in [0.25, 0.3) is 0 Å². The van der Waals surface area contributed by atoms with Crippen LogP contribution in [0, 0.1) is 17.8 Å². The first-order valence-electron chi connectivity index (χ1n) is 3.56. The largest absolute Gasteiger partial charge is 0.313 e. The first-order valence-corrected chi connectivity index (χ1v) is 5.27. The van der Waals surface area contributed by atoms with Crippen LogP contribution in [0.1, 0.15) is 13.8 Å². The summed E-state index contributed by atoms with van der Waals surface area (Å²) in [6.45, 7) is 4.00. The molecular weight excluding hydrogens is 282 g/mol. The maximum atomic E-state index is 12.6. The van der Waals surface area contributed by atoms with Gasteiger partial charge in [0.1, 0.15) is 0 Å². The van der Waals surface area contributed by atoms with Gasteiger partial charge in [0, 0.05) is 0 Å². The Kier molecular flexibility index (Phi) is 2.65. The van der Waals surface area contributed by atoms with Gasteiger partial charge in [-0.05, 0) is 33.7 Å². The van der Waals surface area contributed by atoms with Crippen LogP contribution in [0.2, 0.25) is 0 Å². The van der Waals surface area contributed by atoms with Crippen molar-refractivity contribution >= 4 is 31.9 Å². The molecule has 0 radical (unpaired) electrons. The monoisotopic (exact) mass is 290 g/mol. The molecule has 0 aromatic heterocycles. The smallest absolute Gasteiger partial charge is 0.192 e. The van der Waals surface area contributed by atoms with E-state index in [0.717, 1.165) is 0 Å². The molecule has 1 aliphatic rings. The normalized spacial score (nSPS) is 40.4. The lowest BCUT2D eigenvalue weighted by molar-refractivity contribution is 0.104. The van der Waals surface area contributed by atoms with Gasteiger partial charge in [-0.2, -0.15) is 8.78 Å². The van der Waals surface area contributed by atoms with Crippen LogP contribution < -0.4 is 0 Å². The first kappa shape index (κ1) is 9.90. The molecular formula is C7H10Br2F2. The minimum Gasteiger partial charge on any atom is -0.192 e. The van der Waals surface area contributed by atoms with Crippen molar-refractivity contribution in [2.75, 3.05) is 0 Å². The second-order valence-electron chi connectivity index (χ2n) is 3.24. The fraction of sp³-hybridized carbons (Fsp3) is 1.00. The van der Waals surface area contributed by atoms with Gasteiger partial charge in [0.2, 0.25) is 0 Å². The quantitative estimate of drug-likeness (QED) is 0.682. The lowest BCUT2D eigenvalue weighted by Gasteiger charge is -2.15. The molecule has 3 unspecified atom stereocenters. The Bertz CT molecular complexity index is 147. The Morgan fingerprint density at radius 1 is 1.27 bits per heavy atom. The molecule has 0 aromatic carbocycles. The van der Waals surface area contributed by atoms with Crippen molar-refractivity contribution in [3.8, 4) is 0 Å². The predicted octanol–water partition coefficient (Wildman–Crippen LogP) is 3.64. The zero-order valence-electron chi connectivity index (χ0n) is 6.32. The average molecular weight is 292 g/mol. The van der Waals surface area contributed by atoms with Crippen LogP contribution in [-0.2, 0) is 0 Å². The first-order chi connectivity index (χ1) is 4.85. The average Bonchev–Trinajstić information content (AvgIpc) is 2.38. The van der Waals surface area contributed by atoms with Gasteiger partial charge in [-0.3, -0.25) is 0 Å². The van der Waals surface area contributed by atoms with E-state index in [9.17, 15) is 8.78 Å². The molecule has 0 heterocycles. The Hall–Kier alpha value is 0.820. The van der Waals surface area contributed by atoms with Gasteiger partial charge in [0.15, 0.2) is 0 Å². The van der Waals surface area contributed by atoms with E-state index in [0.29, 0.717) is 11.8 Å². The van der Waals surface area contributed by atoms with E-state index in [1.807, 2.05) is 13.8 Å². The predicted molar refractivity (Wildman–Crippen MR) is 48.4 cm³/mol. The van der Waals surface area contributed by atoms with E-state index in [4.69, 9.17) is 0 Å².